The van der Waals surface area contributed by atoms with E-state index in [1.54, 1.807) is 6.07 Å². The lowest BCUT2D eigenvalue weighted by molar-refractivity contribution is 0.0302. The maximum atomic E-state index is 13.5. The number of rotatable bonds is 5. The van der Waals surface area contributed by atoms with Gasteiger partial charge in [0.25, 0.3) is 0 Å². The first-order valence-electron chi connectivity index (χ1n) is 9.16. The Morgan fingerprint density at radius 2 is 2.20 bits per heavy atom. The number of fused-ring (bicyclic) bond motifs is 1. The van der Waals surface area contributed by atoms with Gasteiger partial charge >= 0.3 is 0 Å². The van der Waals surface area contributed by atoms with Crippen LogP contribution in [-0.2, 0) is 6.54 Å². The number of allylic oxidation sites excluding steroid dienone is 2. The molecule has 1 aliphatic rings. The van der Waals surface area contributed by atoms with E-state index >= 15 is 0 Å². The molecule has 1 aliphatic heterocycles. The molecule has 3 nitrogen and oxygen atoms in total. The molecule has 25 heavy (non-hydrogen) atoms. The van der Waals surface area contributed by atoms with E-state index < -0.39 is 0 Å². The van der Waals surface area contributed by atoms with E-state index in [4.69, 9.17) is 0 Å². The number of likely N-dealkylation sites (tertiary alicyclic amines) is 1. The standard InChI is InChI=1S/C21H29FN2O/c1-15(2)7-9-21(14-25)8-4-10-24(13-21)12-20-16(3)18-11-17(22)5-6-19(18)23-20/h5-7,11,23,25H,4,8-10,12-14H2,1-3H3/t21-/m0/s1. The number of aryl methyl sites for hydroxylation is 1. The van der Waals surface area contributed by atoms with Crippen molar-refractivity contribution in [2.45, 2.75) is 46.6 Å². The predicted molar refractivity (Wildman–Crippen MR) is 101 cm³/mol. The highest BCUT2D eigenvalue weighted by molar-refractivity contribution is 5.84. The molecule has 0 aliphatic carbocycles. The third-order valence-electron chi connectivity index (χ3n) is 5.52. The van der Waals surface area contributed by atoms with Crippen molar-refractivity contribution in [1.82, 2.24) is 9.88 Å². The molecule has 1 atom stereocenters. The monoisotopic (exact) mass is 344 g/mol. The molecule has 136 valence electrons. The van der Waals surface area contributed by atoms with Gasteiger partial charge in [0.05, 0.1) is 6.61 Å². The third-order valence-corrected chi connectivity index (χ3v) is 5.52. The first-order chi connectivity index (χ1) is 11.9. The summed E-state index contributed by atoms with van der Waals surface area (Å²) in [6.45, 7) is 9.26. The van der Waals surface area contributed by atoms with E-state index in [-0.39, 0.29) is 17.8 Å². The predicted octanol–water partition coefficient (Wildman–Crippen LogP) is 4.55. The summed E-state index contributed by atoms with van der Waals surface area (Å²) in [7, 11) is 0. The van der Waals surface area contributed by atoms with Gasteiger partial charge in [0.2, 0.25) is 0 Å². The normalized spacial score (nSPS) is 21.6. The Bertz CT molecular complexity index is 776. The van der Waals surface area contributed by atoms with Crippen LogP contribution >= 0.6 is 0 Å². The second-order valence-electron chi connectivity index (χ2n) is 7.88. The van der Waals surface area contributed by atoms with Crippen LogP contribution in [-0.4, -0.2) is 34.7 Å². The summed E-state index contributed by atoms with van der Waals surface area (Å²) in [6.07, 6.45) is 5.35. The zero-order valence-electron chi connectivity index (χ0n) is 15.5. The van der Waals surface area contributed by atoms with Crippen molar-refractivity contribution < 1.29 is 9.50 Å². The molecule has 3 rings (SSSR count). The number of piperidine rings is 1. The van der Waals surface area contributed by atoms with Crippen LogP contribution in [0.25, 0.3) is 10.9 Å². The molecule has 0 spiro atoms. The highest BCUT2D eigenvalue weighted by Gasteiger charge is 2.34. The molecule has 4 heteroatoms. The van der Waals surface area contributed by atoms with Gasteiger partial charge in [-0.05, 0) is 70.3 Å². The molecule has 1 aromatic carbocycles. The highest BCUT2D eigenvalue weighted by atomic mass is 19.1. The summed E-state index contributed by atoms with van der Waals surface area (Å²) in [5, 5.41) is 11.0. The second kappa shape index (κ2) is 7.30. The van der Waals surface area contributed by atoms with Crippen molar-refractivity contribution in [2.24, 2.45) is 5.41 Å². The van der Waals surface area contributed by atoms with Gasteiger partial charge in [0.1, 0.15) is 5.82 Å². The van der Waals surface area contributed by atoms with Gasteiger partial charge in [-0.3, -0.25) is 4.90 Å². The van der Waals surface area contributed by atoms with Gasteiger partial charge in [-0.25, -0.2) is 4.39 Å². The van der Waals surface area contributed by atoms with Crippen LogP contribution < -0.4 is 0 Å². The number of aromatic amines is 1. The molecule has 2 heterocycles. The topological polar surface area (TPSA) is 39.3 Å². The molecule has 1 aromatic heterocycles. The zero-order chi connectivity index (χ0) is 18.0. The van der Waals surface area contributed by atoms with Gasteiger partial charge in [-0.2, -0.15) is 0 Å². The zero-order valence-corrected chi connectivity index (χ0v) is 15.5. The smallest absolute Gasteiger partial charge is 0.123 e. The second-order valence-corrected chi connectivity index (χ2v) is 7.88. The third kappa shape index (κ3) is 3.96. The van der Waals surface area contributed by atoms with Crippen LogP contribution in [0.3, 0.4) is 0 Å². The number of benzene rings is 1. The van der Waals surface area contributed by atoms with Crippen LogP contribution in [0, 0.1) is 18.2 Å². The van der Waals surface area contributed by atoms with E-state index in [0.29, 0.717) is 0 Å². The van der Waals surface area contributed by atoms with Crippen molar-refractivity contribution in [1.29, 1.82) is 0 Å². The van der Waals surface area contributed by atoms with Crippen molar-refractivity contribution in [3.05, 3.63) is 46.9 Å². The van der Waals surface area contributed by atoms with Gasteiger partial charge in [0.15, 0.2) is 0 Å². The summed E-state index contributed by atoms with van der Waals surface area (Å²) in [5.74, 6) is -0.194. The minimum absolute atomic E-state index is 0.0401. The molecular weight excluding hydrogens is 315 g/mol. The SMILES string of the molecule is CC(C)=CC[C@@]1(CO)CCCN(Cc2[nH]c3ccc(F)cc3c2C)C1. The van der Waals surface area contributed by atoms with E-state index in [0.717, 1.165) is 61.1 Å². The quantitative estimate of drug-likeness (QED) is 0.781. The number of hydrogen-bond donors (Lipinski definition) is 2. The summed E-state index contributed by atoms with van der Waals surface area (Å²) < 4.78 is 13.5. The number of hydrogen-bond acceptors (Lipinski definition) is 2. The Labute approximate surface area is 149 Å². The number of H-pyrrole nitrogens is 1. The maximum absolute atomic E-state index is 13.5. The minimum Gasteiger partial charge on any atom is -0.396 e. The Hall–Kier alpha value is -1.65. The van der Waals surface area contributed by atoms with Crippen LogP contribution in [0.15, 0.2) is 29.8 Å². The van der Waals surface area contributed by atoms with Crippen molar-refractivity contribution >= 4 is 10.9 Å². The summed E-state index contributed by atoms with van der Waals surface area (Å²) in [5.41, 5.74) is 4.53. The number of aromatic nitrogens is 1. The average Bonchev–Trinajstić information content (AvgIpc) is 2.89. The van der Waals surface area contributed by atoms with E-state index in [1.165, 1.54) is 11.6 Å². The molecule has 0 amide bonds. The maximum Gasteiger partial charge on any atom is 0.123 e. The molecule has 0 unspecified atom stereocenters. The molecule has 2 aromatic rings. The largest absolute Gasteiger partial charge is 0.396 e. The van der Waals surface area contributed by atoms with E-state index in [2.05, 4.69) is 36.7 Å². The first-order valence-corrected chi connectivity index (χ1v) is 9.16. The van der Waals surface area contributed by atoms with Gasteiger partial charge in [-0.1, -0.05) is 11.6 Å². The lowest BCUT2D eigenvalue weighted by Crippen LogP contribution is -2.44. The van der Waals surface area contributed by atoms with Crippen LogP contribution in [0.5, 0.6) is 0 Å². The van der Waals surface area contributed by atoms with Crippen molar-refractivity contribution in [2.75, 3.05) is 19.7 Å². The molecular formula is C21H29FN2O. The lowest BCUT2D eigenvalue weighted by Gasteiger charge is -2.41. The first kappa shape index (κ1) is 18.2. The molecule has 0 saturated carbocycles. The average molecular weight is 344 g/mol. The summed E-state index contributed by atoms with van der Waals surface area (Å²) in [6, 6.07) is 4.91. The fourth-order valence-electron chi connectivity index (χ4n) is 3.96. The molecule has 0 radical (unpaired) electrons. The summed E-state index contributed by atoms with van der Waals surface area (Å²) >= 11 is 0. The van der Waals surface area contributed by atoms with Crippen molar-refractivity contribution in [3.63, 3.8) is 0 Å². The number of nitrogens with zero attached hydrogens (tertiary/aromatic N) is 1. The molecule has 1 fully saturated rings. The fourth-order valence-corrected chi connectivity index (χ4v) is 3.96. The molecule has 2 N–H and O–H groups in total. The van der Waals surface area contributed by atoms with Crippen LogP contribution in [0.1, 0.15) is 44.4 Å². The Kier molecular flexibility index (Phi) is 5.30. The van der Waals surface area contributed by atoms with Crippen molar-refractivity contribution in [3.8, 4) is 0 Å². The van der Waals surface area contributed by atoms with Gasteiger partial charge in [-0.15, -0.1) is 0 Å². The van der Waals surface area contributed by atoms with Gasteiger partial charge in [0, 0.05) is 35.1 Å². The molecule has 0 bridgehead atoms. The Morgan fingerprint density at radius 3 is 2.92 bits per heavy atom. The fraction of sp³-hybridized carbons (Fsp3) is 0.524. The van der Waals surface area contributed by atoms with E-state index in [1.807, 2.05) is 6.07 Å². The lowest BCUT2D eigenvalue weighted by atomic mass is 9.77. The highest BCUT2D eigenvalue weighted by Crippen LogP contribution is 2.35. The minimum atomic E-state index is -0.194. The summed E-state index contributed by atoms with van der Waals surface area (Å²) in [4.78, 5) is 5.87. The number of aliphatic hydroxyl groups excluding tert-OH is 1. The van der Waals surface area contributed by atoms with Gasteiger partial charge < -0.3 is 10.1 Å². The number of aliphatic hydroxyl groups is 1. The number of nitrogens with one attached hydrogen (secondary N) is 1. The number of halogens is 1. The van der Waals surface area contributed by atoms with E-state index in [9.17, 15) is 9.50 Å². The van der Waals surface area contributed by atoms with Crippen LogP contribution in [0.2, 0.25) is 0 Å². The Balaban J connectivity index is 1.78. The van der Waals surface area contributed by atoms with Crippen LogP contribution in [0.4, 0.5) is 4.39 Å². The molecule has 1 saturated heterocycles. The Morgan fingerprint density at radius 1 is 1.40 bits per heavy atom.